The molecule has 10 heteroatoms. The molecule has 0 aliphatic carbocycles. The first-order valence-electron chi connectivity index (χ1n) is 10.9. The van der Waals surface area contributed by atoms with Crippen LogP contribution in [0, 0.1) is 0 Å². The highest BCUT2D eigenvalue weighted by atomic mass is 32.2. The summed E-state index contributed by atoms with van der Waals surface area (Å²) in [5.74, 6) is -0.317. The lowest BCUT2D eigenvalue weighted by atomic mass is 10.00. The smallest absolute Gasteiger partial charge is 0.389 e. The Morgan fingerprint density at radius 2 is 1.94 bits per heavy atom. The molecule has 1 fully saturated rings. The van der Waals surface area contributed by atoms with Gasteiger partial charge in [0.1, 0.15) is 5.52 Å². The largest absolute Gasteiger partial charge is 0.421 e. The van der Waals surface area contributed by atoms with Crippen molar-refractivity contribution < 1.29 is 12.8 Å². The summed E-state index contributed by atoms with van der Waals surface area (Å²) in [6, 6.07) is 8.13. The summed E-state index contributed by atoms with van der Waals surface area (Å²) in [6.45, 7) is 2.70. The lowest BCUT2D eigenvalue weighted by Gasteiger charge is -2.32. The molecule has 0 radical (unpaired) electrons. The Balaban J connectivity index is 1.49. The fourth-order valence-corrected chi connectivity index (χ4v) is 5.46. The van der Waals surface area contributed by atoms with Crippen LogP contribution < -0.4 is 11.1 Å². The van der Waals surface area contributed by atoms with E-state index >= 15 is 0 Å². The van der Waals surface area contributed by atoms with Gasteiger partial charge in [-0.3, -0.25) is 9.55 Å². The van der Waals surface area contributed by atoms with Crippen LogP contribution in [0.2, 0.25) is 0 Å². The zero-order chi connectivity index (χ0) is 23.2. The molecule has 4 heterocycles. The molecule has 1 N–H and O–H groups in total. The van der Waals surface area contributed by atoms with E-state index < -0.39 is 15.8 Å². The lowest BCUT2D eigenvalue weighted by molar-refractivity contribution is 0.330. The van der Waals surface area contributed by atoms with E-state index in [4.69, 9.17) is 4.42 Å². The Bertz CT molecular complexity index is 1500. The van der Waals surface area contributed by atoms with E-state index in [-0.39, 0.29) is 11.8 Å². The highest BCUT2D eigenvalue weighted by Crippen LogP contribution is 2.32. The normalized spacial score (nSPS) is 15.9. The molecule has 33 heavy (non-hydrogen) atoms. The van der Waals surface area contributed by atoms with Crippen molar-refractivity contribution >= 4 is 37.7 Å². The minimum Gasteiger partial charge on any atom is -0.389 e. The summed E-state index contributed by atoms with van der Waals surface area (Å²) in [6.07, 6.45) is 6.75. The molecular weight excluding hydrogens is 442 g/mol. The van der Waals surface area contributed by atoms with Crippen molar-refractivity contribution in [1.82, 2.24) is 18.8 Å². The third kappa shape index (κ3) is 4.00. The van der Waals surface area contributed by atoms with Gasteiger partial charge in [0.2, 0.25) is 15.7 Å². The predicted octanol–water partition coefficient (Wildman–Crippen LogP) is 2.97. The number of sulfonamides is 1. The number of aryl methyl sites for hydroxylation is 1. The zero-order valence-corrected chi connectivity index (χ0v) is 19.3. The van der Waals surface area contributed by atoms with Crippen molar-refractivity contribution in [3.05, 3.63) is 53.4 Å². The average Bonchev–Trinajstić information content (AvgIpc) is 3.12. The van der Waals surface area contributed by atoms with Gasteiger partial charge in [0.25, 0.3) is 0 Å². The van der Waals surface area contributed by atoms with Crippen LogP contribution in [0.1, 0.15) is 19.8 Å². The molecule has 5 rings (SSSR count). The maximum atomic E-state index is 12.2. The monoisotopic (exact) mass is 467 g/mol. The number of piperidine rings is 1. The van der Waals surface area contributed by atoms with Gasteiger partial charge in [-0.15, -0.1) is 0 Å². The van der Waals surface area contributed by atoms with Crippen LogP contribution in [-0.4, -0.2) is 52.1 Å². The molecule has 4 aromatic rings. The number of nitrogens with one attached hydrogen (secondary N) is 1. The Hall–Kier alpha value is -3.24. The van der Waals surface area contributed by atoms with E-state index in [9.17, 15) is 13.2 Å². The van der Waals surface area contributed by atoms with Crippen molar-refractivity contribution in [3.63, 3.8) is 0 Å². The standard InChI is InChI=1S/C23H25N5O4S/c1-3-33(30,31)28-8-5-18(6-9-28)26-20-11-16(10-15-4-7-24-14-19(15)20)17-12-21-22(25-13-17)32-23(29)27(21)2/h4,7,10-14,18,26H,3,5-6,8-9H2,1-2H3. The summed E-state index contributed by atoms with van der Waals surface area (Å²) in [7, 11) is -1.50. The maximum absolute atomic E-state index is 12.2. The number of fused-ring (bicyclic) bond motifs is 2. The van der Waals surface area contributed by atoms with Gasteiger partial charge >= 0.3 is 5.76 Å². The molecular formula is C23H25N5O4S. The minimum atomic E-state index is -3.16. The molecule has 0 spiro atoms. The van der Waals surface area contributed by atoms with E-state index in [1.807, 2.05) is 18.3 Å². The summed E-state index contributed by atoms with van der Waals surface area (Å²) in [5, 5.41) is 5.64. The van der Waals surface area contributed by atoms with Crippen molar-refractivity contribution in [2.75, 3.05) is 24.2 Å². The first kappa shape index (κ1) is 21.6. The van der Waals surface area contributed by atoms with Gasteiger partial charge in [-0.05, 0) is 55.0 Å². The molecule has 3 aromatic heterocycles. The van der Waals surface area contributed by atoms with Crippen molar-refractivity contribution in [2.24, 2.45) is 7.05 Å². The third-order valence-electron chi connectivity index (χ3n) is 6.31. The van der Waals surface area contributed by atoms with Gasteiger partial charge in [0, 0.05) is 61.4 Å². The molecule has 172 valence electrons. The summed E-state index contributed by atoms with van der Waals surface area (Å²) in [4.78, 5) is 20.4. The molecule has 0 atom stereocenters. The fourth-order valence-electron chi connectivity index (χ4n) is 4.33. The number of nitrogens with zero attached hydrogens (tertiary/aromatic N) is 4. The number of anilines is 1. The Kier molecular flexibility index (Phi) is 5.41. The van der Waals surface area contributed by atoms with Gasteiger partial charge < -0.3 is 9.73 Å². The van der Waals surface area contributed by atoms with Crippen LogP contribution in [0.5, 0.6) is 0 Å². The van der Waals surface area contributed by atoms with Gasteiger partial charge in [0.15, 0.2) is 0 Å². The molecule has 0 unspecified atom stereocenters. The SMILES string of the molecule is CCS(=O)(=O)N1CCC(Nc2cc(-c3cnc4oc(=O)n(C)c4c3)cc3ccncc23)CC1. The number of hydrogen-bond acceptors (Lipinski definition) is 7. The summed E-state index contributed by atoms with van der Waals surface area (Å²) >= 11 is 0. The van der Waals surface area contributed by atoms with Crippen molar-refractivity contribution in [1.29, 1.82) is 0 Å². The van der Waals surface area contributed by atoms with E-state index in [1.165, 1.54) is 4.57 Å². The van der Waals surface area contributed by atoms with Gasteiger partial charge in [-0.2, -0.15) is 0 Å². The topological polar surface area (TPSA) is 110 Å². The molecule has 1 aliphatic heterocycles. The number of hydrogen-bond donors (Lipinski definition) is 1. The van der Waals surface area contributed by atoms with Crippen LogP contribution in [0.15, 0.2) is 52.1 Å². The molecule has 1 aliphatic rings. The van der Waals surface area contributed by atoms with E-state index in [0.717, 1.165) is 40.4 Å². The number of benzene rings is 1. The van der Waals surface area contributed by atoms with E-state index in [1.54, 1.807) is 30.7 Å². The van der Waals surface area contributed by atoms with Crippen LogP contribution >= 0.6 is 0 Å². The quantitative estimate of drug-likeness (QED) is 0.480. The summed E-state index contributed by atoms with van der Waals surface area (Å²) in [5.41, 5.74) is 3.69. The molecule has 1 saturated heterocycles. The number of rotatable bonds is 5. The first-order valence-corrected chi connectivity index (χ1v) is 12.5. The number of aromatic nitrogens is 3. The zero-order valence-electron chi connectivity index (χ0n) is 18.5. The van der Waals surface area contributed by atoms with E-state index in [0.29, 0.717) is 24.3 Å². The average molecular weight is 468 g/mol. The van der Waals surface area contributed by atoms with Gasteiger partial charge in [0.05, 0.1) is 5.75 Å². The minimum absolute atomic E-state index is 0.129. The highest BCUT2D eigenvalue weighted by molar-refractivity contribution is 7.89. The number of oxazole rings is 1. The van der Waals surface area contributed by atoms with Crippen molar-refractivity contribution in [3.8, 4) is 11.1 Å². The Morgan fingerprint density at radius 1 is 1.15 bits per heavy atom. The van der Waals surface area contributed by atoms with Crippen molar-refractivity contribution in [2.45, 2.75) is 25.8 Å². The van der Waals surface area contributed by atoms with Gasteiger partial charge in [-0.25, -0.2) is 22.5 Å². The molecule has 1 aromatic carbocycles. The highest BCUT2D eigenvalue weighted by Gasteiger charge is 2.27. The molecule has 9 nitrogen and oxygen atoms in total. The van der Waals surface area contributed by atoms with Crippen LogP contribution in [0.3, 0.4) is 0 Å². The predicted molar refractivity (Wildman–Crippen MR) is 128 cm³/mol. The first-order chi connectivity index (χ1) is 15.9. The third-order valence-corrected chi connectivity index (χ3v) is 8.19. The fraction of sp³-hybridized carbons (Fsp3) is 0.348. The van der Waals surface area contributed by atoms with Crippen LogP contribution in [0.4, 0.5) is 5.69 Å². The second-order valence-electron chi connectivity index (χ2n) is 8.31. The second kappa shape index (κ2) is 8.27. The van der Waals surface area contributed by atoms with Crippen LogP contribution in [0.25, 0.3) is 33.1 Å². The molecule has 0 bridgehead atoms. The molecule has 0 saturated carbocycles. The number of pyridine rings is 2. The summed E-state index contributed by atoms with van der Waals surface area (Å²) < 4.78 is 32.5. The van der Waals surface area contributed by atoms with E-state index in [2.05, 4.69) is 27.4 Å². The second-order valence-corrected chi connectivity index (χ2v) is 10.6. The molecule has 0 amide bonds. The lowest BCUT2D eigenvalue weighted by Crippen LogP contribution is -2.42. The van der Waals surface area contributed by atoms with Crippen LogP contribution in [-0.2, 0) is 17.1 Å². The maximum Gasteiger partial charge on any atom is 0.421 e. The van der Waals surface area contributed by atoms with Gasteiger partial charge in [-0.1, -0.05) is 0 Å². The Labute approximate surface area is 191 Å². The Morgan fingerprint density at radius 3 is 2.70 bits per heavy atom.